The van der Waals surface area contributed by atoms with Gasteiger partial charge in [0.2, 0.25) is 0 Å². The molecule has 1 fully saturated rings. The molecule has 0 aliphatic heterocycles. The molecule has 0 amide bonds. The van der Waals surface area contributed by atoms with Crippen molar-refractivity contribution in [2.45, 2.75) is 38.6 Å². The molecule has 0 saturated heterocycles. The lowest BCUT2D eigenvalue weighted by Gasteiger charge is -2.32. The fourth-order valence-electron chi connectivity index (χ4n) is 3.17. The van der Waals surface area contributed by atoms with E-state index in [-0.39, 0.29) is 0 Å². The standard InChI is InChI=1S/C15H22N6/c1-11-8-13(6-7-15(11)21-10-17-19-20-21)18-14-5-3-2-4-12(14)9-16/h6-8,10,12,14,18H,2-5,9,16H2,1H3. The number of hydrogen-bond acceptors (Lipinski definition) is 5. The summed E-state index contributed by atoms with van der Waals surface area (Å²) in [4.78, 5) is 0. The molecule has 1 aliphatic carbocycles. The Morgan fingerprint density at radius 1 is 1.33 bits per heavy atom. The van der Waals surface area contributed by atoms with Gasteiger partial charge in [0.1, 0.15) is 6.33 Å². The zero-order valence-corrected chi connectivity index (χ0v) is 12.4. The number of nitrogens with zero attached hydrogens (tertiary/aromatic N) is 4. The van der Waals surface area contributed by atoms with Crippen molar-refractivity contribution in [3.05, 3.63) is 30.1 Å². The summed E-state index contributed by atoms with van der Waals surface area (Å²) >= 11 is 0. The van der Waals surface area contributed by atoms with Gasteiger partial charge in [0, 0.05) is 11.7 Å². The summed E-state index contributed by atoms with van der Waals surface area (Å²) in [5, 5.41) is 15.0. The fourth-order valence-corrected chi connectivity index (χ4v) is 3.17. The van der Waals surface area contributed by atoms with E-state index in [4.69, 9.17) is 5.73 Å². The molecule has 1 aromatic carbocycles. The van der Waals surface area contributed by atoms with E-state index in [0.717, 1.165) is 23.5 Å². The fraction of sp³-hybridized carbons (Fsp3) is 0.533. The maximum atomic E-state index is 5.90. The highest BCUT2D eigenvalue weighted by Gasteiger charge is 2.23. The van der Waals surface area contributed by atoms with Gasteiger partial charge in [-0.2, -0.15) is 0 Å². The second kappa shape index (κ2) is 6.22. The highest BCUT2D eigenvalue weighted by Crippen LogP contribution is 2.27. The van der Waals surface area contributed by atoms with Crippen LogP contribution < -0.4 is 11.1 Å². The van der Waals surface area contributed by atoms with Crippen LogP contribution in [0.25, 0.3) is 5.69 Å². The second-order valence-corrected chi connectivity index (χ2v) is 5.79. The monoisotopic (exact) mass is 286 g/mol. The summed E-state index contributed by atoms with van der Waals surface area (Å²) < 4.78 is 1.68. The largest absolute Gasteiger partial charge is 0.382 e. The minimum absolute atomic E-state index is 0.488. The highest BCUT2D eigenvalue weighted by atomic mass is 15.5. The molecular weight excluding hydrogens is 264 g/mol. The highest BCUT2D eigenvalue weighted by molar-refractivity contribution is 5.53. The molecule has 2 aromatic rings. The third-order valence-electron chi connectivity index (χ3n) is 4.36. The summed E-state index contributed by atoms with van der Waals surface area (Å²) in [6.45, 7) is 2.84. The van der Waals surface area contributed by atoms with Gasteiger partial charge in [-0.15, -0.1) is 5.10 Å². The van der Waals surface area contributed by atoms with Crippen LogP contribution in [0.2, 0.25) is 0 Å². The second-order valence-electron chi connectivity index (χ2n) is 5.79. The third kappa shape index (κ3) is 3.05. The molecule has 0 radical (unpaired) electrons. The lowest BCUT2D eigenvalue weighted by atomic mass is 9.84. The van der Waals surface area contributed by atoms with E-state index in [1.165, 1.54) is 25.7 Å². The van der Waals surface area contributed by atoms with Crippen molar-refractivity contribution < 1.29 is 0 Å². The van der Waals surface area contributed by atoms with Crippen LogP contribution >= 0.6 is 0 Å². The predicted molar refractivity (Wildman–Crippen MR) is 82.3 cm³/mol. The van der Waals surface area contributed by atoms with Crippen molar-refractivity contribution >= 4 is 5.69 Å². The third-order valence-corrected chi connectivity index (χ3v) is 4.36. The Hall–Kier alpha value is -1.95. The molecule has 6 heteroatoms. The lowest BCUT2D eigenvalue weighted by molar-refractivity contribution is 0.332. The van der Waals surface area contributed by atoms with Crippen molar-refractivity contribution in [1.29, 1.82) is 0 Å². The van der Waals surface area contributed by atoms with Gasteiger partial charge in [0.25, 0.3) is 0 Å². The van der Waals surface area contributed by atoms with E-state index < -0.39 is 0 Å². The zero-order chi connectivity index (χ0) is 14.7. The summed E-state index contributed by atoms with van der Waals surface area (Å²) in [5.41, 5.74) is 9.20. The molecule has 6 nitrogen and oxygen atoms in total. The molecule has 1 saturated carbocycles. The number of rotatable bonds is 4. The van der Waals surface area contributed by atoms with Crippen molar-refractivity contribution in [3.8, 4) is 5.69 Å². The minimum atomic E-state index is 0.488. The van der Waals surface area contributed by atoms with Crippen molar-refractivity contribution in [2.24, 2.45) is 11.7 Å². The maximum absolute atomic E-state index is 5.90. The predicted octanol–water partition coefficient (Wildman–Crippen LogP) is 1.90. The van der Waals surface area contributed by atoms with Crippen molar-refractivity contribution in [3.63, 3.8) is 0 Å². The Morgan fingerprint density at radius 2 is 2.19 bits per heavy atom. The smallest absolute Gasteiger partial charge is 0.143 e. The first-order valence-electron chi connectivity index (χ1n) is 7.58. The first kappa shape index (κ1) is 14.0. The molecule has 1 aliphatic rings. The number of anilines is 1. The molecule has 1 heterocycles. The molecule has 1 aromatic heterocycles. The van der Waals surface area contributed by atoms with Gasteiger partial charge < -0.3 is 11.1 Å². The first-order chi connectivity index (χ1) is 10.3. The van der Waals surface area contributed by atoms with Gasteiger partial charge in [-0.25, -0.2) is 4.68 Å². The normalized spacial score (nSPS) is 22.2. The number of nitrogens with one attached hydrogen (secondary N) is 1. The van der Waals surface area contributed by atoms with Gasteiger partial charge in [0.05, 0.1) is 5.69 Å². The number of nitrogens with two attached hydrogens (primary N) is 1. The molecule has 0 bridgehead atoms. The van der Waals surface area contributed by atoms with E-state index in [1.54, 1.807) is 11.0 Å². The average Bonchev–Trinajstić information content (AvgIpc) is 3.02. The number of aryl methyl sites for hydroxylation is 1. The van der Waals surface area contributed by atoms with Gasteiger partial charge in [0.15, 0.2) is 0 Å². The van der Waals surface area contributed by atoms with Crippen LogP contribution in [0.3, 0.4) is 0 Å². The van der Waals surface area contributed by atoms with Crippen LogP contribution in [0, 0.1) is 12.8 Å². The summed E-state index contributed by atoms with van der Waals surface area (Å²) in [7, 11) is 0. The van der Waals surface area contributed by atoms with Gasteiger partial charge in [-0.3, -0.25) is 0 Å². The SMILES string of the molecule is Cc1cc(NC2CCCCC2CN)ccc1-n1cnnn1. The van der Waals surface area contributed by atoms with E-state index in [0.29, 0.717) is 12.0 Å². The Kier molecular flexibility index (Phi) is 4.15. The van der Waals surface area contributed by atoms with E-state index in [1.807, 2.05) is 6.07 Å². The summed E-state index contributed by atoms with van der Waals surface area (Å²) in [5.74, 6) is 0.582. The van der Waals surface area contributed by atoms with E-state index in [9.17, 15) is 0 Å². The molecule has 21 heavy (non-hydrogen) atoms. The maximum Gasteiger partial charge on any atom is 0.143 e. The molecule has 112 valence electrons. The molecule has 3 rings (SSSR count). The van der Waals surface area contributed by atoms with E-state index >= 15 is 0 Å². The first-order valence-corrected chi connectivity index (χ1v) is 7.58. The minimum Gasteiger partial charge on any atom is -0.382 e. The van der Waals surface area contributed by atoms with Gasteiger partial charge in [-0.05, 0) is 66.4 Å². The van der Waals surface area contributed by atoms with Crippen LogP contribution in [0.1, 0.15) is 31.2 Å². The average molecular weight is 286 g/mol. The Balaban J connectivity index is 1.76. The lowest BCUT2D eigenvalue weighted by Crippen LogP contribution is -2.36. The Labute approximate surface area is 124 Å². The van der Waals surface area contributed by atoms with Crippen LogP contribution in [-0.4, -0.2) is 32.8 Å². The van der Waals surface area contributed by atoms with Crippen LogP contribution in [0.5, 0.6) is 0 Å². The topological polar surface area (TPSA) is 81.6 Å². The van der Waals surface area contributed by atoms with Crippen molar-refractivity contribution in [1.82, 2.24) is 20.2 Å². The molecule has 2 unspecified atom stereocenters. The summed E-state index contributed by atoms with van der Waals surface area (Å²) in [6.07, 6.45) is 6.64. The van der Waals surface area contributed by atoms with Crippen LogP contribution in [0.4, 0.5) is 5.69 Å². The van der Waals surface area contributed by atoms with Crippen LogP contribution in [-0.2, 0) is 0 Å². The number of aromatic nitrogens is 4. The zero-order valence-electron chi connectivity index (χ0n) is 12.4. The number of hydrogen-bond donors (Lipinski definition) is 2. The Morgan fingerprint density at radius 3 is 2.90 bits per heavy atom. The molecule has 3 N–H and O–H groups in total. The molecule has 2 atom stereocenters. The van der Waals surface area contributed by atoms with Gasteiger partial charge >= 0.3 is 0 Å². The number of tetrazole rings is 1. The summed E-state index contributed by atoms with van der Waals surface area (Å²) in [6, 6.07) is 6.78. The number of benzene rings is 1. The molecule has 0 spiro atoms. The molecular formula is C15H22N6. The quantitative estimate of drug-likeness (QED) is 0.897. The van der Waals surface area contributed by atoms with Gasteiger partial charge in [-0.1, -0.05) is 12.8 Å². The van der Waals surface area contributed by atoms with Crippen LogP contribution in [0.15, 0.2) is 24.5 Å². The van der Waals surface area contributed by atoms with E-state index in [2.05, 4.69) is 39.9 Å². The van der Waals surface area contributed by atoms with Crippen molar-refractivity contribution in [2.75, 3.05) is 11.9 Å². The Bertz CT molecular complexity index is 580.